The lowest BCUT2D eigenvalue weighted by atomic mass is 10.1. The van der Waals surface area contributed by atoms with Gasteiger partial charge < -0.3 is 10.4 Å². The fourth-order valence-corrected chi connectivity index (χ4v) is 3.24. The topological polar surface area (TPSA) is 95.5 Å². The zero-order chi connectivity index (χ0) is 18.4. The smallest absolute Gasteiger partial charge is 0.240 e. The third kappa shape index (κ3) is 5.54. The maximum Gasteiger partial charge on any atom is 0.240 e. The van der Waals surface area contributed by atoms with Crippen molar-refractivity contribution in [3.63, 3.8) is 0 Å². The van der Waals surface area contributed by atoms with Gasteiger partial charge in [-0.2, -0.15) is 0 Å². The number of rotatable bonds is 7. The average molecular weight is 383 g/mol. The van der Waals surface area contributed by atoms with Crippen molar-refractivity contribution >= 4 is 33.2 Å². The molecule has 0 saturated heterocycles. The number of sulfonamides is 1. The summed E-state index contributed by atoms with van der Waals surface area (Å²) in [6, 6.07) is 12.8. The van der Waals surface area contributed by atoms with Crippen molar-refractivity contribution in [2.75, 3.05) is 18.5 Å². The molecule has 0 radical (unpaired) electrons. The van der Waals surface area contributed by atoms with Crippen molar-refractivity contribution in [2.24, 2.45) is 5.92 Å². The molecule has 0 saturated carbocycles. The van der Waals surface area contributed by atoms with Crippen molar-refractivity contribution < 1.29 is 18.3 Å². The first-order chi connectivity index (χ1) is 11.8. The Morgan fingerprint density at radius 3 is 2.28 bits per heavy atom. The number of nitrogens with one attached hydrogen (secondary N) is 2. The fourth-order valence-electron chi connectivity index (χ4n) is 2.03. The van der Waals surface area contributed by atoms with E-state index in [0.29, 0.717) is 10.7 Å². The van der Waals surface area contributed by atoms with Crippen molar-refractivity contribution in [1.29, 1.82) is 0 Å². The molecule has 134 valence electrons. The van der Waals surface area contributed by atoms with Gasteiger partial charge in [-0.15, -0.1) is 0 Å². The second-order valence-electron chi connectivity index (χ2n) is 5.54. The summed E-state index contributed by atoms with van der Waals surface area (Å²) >= 11 is 5.74. The summed E-state index contributed by atoms with van der Waals surface area (Å²) in [4.78, 5) is 12.2. The lowest BCUT2D eigenvalue weighted by Gasteiger charge is -2.15. The van der Waals surface area contributed by atoms with Crippen molar-refractivity contribution in [2.45, 2.75) is 11.8 Å². The second kappa shape index (κ2) is 8.44. The molecule has 1 amide bonds. The van der Waals surface area contributed by atoms with Crippen LogP contribution in [-0.4, -0.2) is 32.6 Å². The van der Waals surface area contributed by atoms with Crippen LogP contribution < -0.4 is 10.0 Å². The molecule has 2 aromatic rings. The molecule has 1 unspecified atom stereocenters. The highest BCUT2D eigenvalue weighted by atomic mass is 35.5. The number of halogens is 1. The van der Waals surface area contributed by atoms with Crippen LogP contribution in [0.4, 0.5) is 5.69 Å². The molecule has 0 heterocycles. The van der Waals surface area contributed by atoms with Crippen LogP contribution in [0.3, 0.4) is 0 Å². The Morgan fingerprint density at radius 2 is 1.72 bits per heavy atom. The predicted molar refractivity (Wildman–Crippen MR) is 97.0 cm³/mol. The summed E-state index contributed by atoms with van der Waals surface area (Å²) in [6.45, 7) is 1.22. The Bertz CT molecular complexity index is 821. The van der Waals surface area contributed by atoms with Crippen LogP contribution in [0.15, 0.2) is 53.4 Å². The quantitative estimate of drug-likeness (QED) is 0.683. The van der Waals surface area contributed by atoms with Crippen LogP contribution in [-0.2, 0) is 14.8 Å². The molecule has 0 aliphatic heterocycles. The molecule has 0 aliphatic rings. The van der Waals surface area contributed by atoms with Gasteiger partial charge in [0, 0.05) is 17.3 Å². The van der Waals surface area contributed by atoms with Crippen LogP contribution in [0.2, 0.25) is 5.02 Å². The molecule has 3 N–H and O–H groups in total. The van der Waals surface area contributed by atoms with Crippen LogP contribution in [0, 0.1) is 12.8 Å². The minimum atomic E-state index is -3.79. The van der Waals surface area contributed by atoms with E-state index in [1.807, 2.05) is 19.1 Å². The maximum absolute atomic E-state index is 12.2. The predicted octanol–water partition coefficient (Wildman–Crippen LogP) is 2.17. The van der Waals surface area contributed by atoms with Gasteiger partial charge in [0.25, 0.3) is 0 Å². The van der Waals surface area contributed by atoms with Gasteiger partial charge in [0.2, 0.25) is 15.9 Å². The summed E-state index contributed by atoms with van der Waals surface area (Å²) < 4.78 is 26.8. The highest BCUT2D eigenvalue weighted by molar-refractivity contribution is 7.89. The Kier molecular flexibility index (Phi) is 6.55. The zero-order valence-electron chi connectivity index (χ0n) is 13.6. The van der Waals surface area contributed by atoms with Crippen LogP contribution in [0.5, 0.6) is 0 Å². The van der Waals surface area contributed by atoms with E-state index >= 15 is 0 Å². The third-order valence-electron chi connectivity index (χ3n) is 3.55. The summed E-state index contributed by atoms with van der Waals surface area (Å²) in [7, 11) is -3.79. The van der Waals surface area contributed by atoms with Gasteiger partial charge in [-0.05, 0) is 43.3 Å². The Morgan fingerprint density at radius 1 is 1.12 bits per heavy atom. The van der Waals surface area contributed by atoms with Gasteiger partial charge in [0.15, 0.2) is 0 Å². The monoisotopic (exact) mass is 382 g/mol. The molecule has 6 nitrogen and oxygen atoms in total. The van der Waals surface area contributed by atoms with E-state index in [-0.39, 0.29) is 11.4 Å². The van der Waals surface area contributed by atoms with E-state index in [2.05, 4.69) is 10.0 Å². The van der Waals surface area contributed by atoms with Gasteiger partial charge >= 0.3 is 0 Å². The number of anilines is 1. The third-order valence-corrected chi connectivity index (χ3v) is 5.25. The number of aryl methyl sites for hydroxylation is 1. The number of hydrogen-bond acceptors (Lipinski definition) is 4. The number of aliphatic hydroxyl groups excluding tert-OH is 1. The SMILES string of the molecule is Cc1ccc(NC(=O)C(CO)CNS(=O)(=O)c2ccc(Cl)cc2)cc1. The molecule has 0 fully saturated rings. The summed E-state index contributed by atoms with van der Waals surface area (Å²) in [5.41, 5.74) is 1.63. The van der Waals surface area contributed by atoms with Gasteiger partial charge in [0.05, 0.1) is 17.4 Å². The van der Waals surface area contributed by atoms with Crippen molar-refractivity contribution in [3.05, 3.63) is 59.1 Å². The van der Waals surface area contributed by atoms with Crippen LogP contribution >= 0.6 is 11.6 Å². The summed E-state index contributed by atoms with van der Waals surface area (Å²) in [5.74, 6) is -1.38. The Hall–Kier alpha value is -1.93. The van der Waals surface area contributed by atoms with E-state index in [4.69, 9.17) is 11.6 Å². The standard InChI is InChI=1S/C17H19ClN2O4S/c1-12-2-6-15(7-3-12)20-17(22)13(11-21)10-19-25(23,24)16-8-4-14(18)5-9-16/h2-9,13,19,21H,10-11H2,1H3,(H,20,22). The molecular formula is C17H19ClN2O4S. The minimum absolute atomic E-state index is 0.0348. The molecule has 1 atom stereocenters. The second-order valence-corrected chi connectivity index (χ2v) is 7.74. The minimum Gasteiger partial charge on any atom is -0.395 e. The van der Waals surface area contributed by atoms with E-state index < -0.39 is 28.5 Å². The molecule has 2 aromatic carbocycles. The number of carbonyl (C=O) groups excluding carboxylic acids is 1. The number of benzene rings is 2. The lowest BCUT2D eigenvalue weighted by Crippen LogP contribution is -2.37. The van der Waals surface area contributed by atoms with E-state index in [1.54, 1.807) is 12.1 Å². The lowest BCUT2D eigenvalue weighted by molar-refractivity contribution is -0.120. The molecule has 0 aromatic heterocycles. The largest absolute Gasteiger partial charge is 0.395 e. The van der Waals surface area contributed by atoms with E-state index in [1.165, 1.54) is 24.3 Å². The molecule has 8 heteroatoms. The van der Waals surface area contributed by atoms with Crippen LogP contribution in [0.25, 0.3) is 0 Å². The first kappa shape index (κ1) is 19.4. The summed E-state index contributed by atoms with van der Waals surface area (Å²) in [6.07, 6.45) is 0. The van der Waals surface area contributed by atoms with Crippen LogP contribution in [0.1, 0.15) is 5.56 Å². The fraction of sp³-hybridized carbons (Fsp3) is 0.235. The van der Waals surface area contributed by atoms with E-state index in [9.17, 15) is 18.3 Å². The first-order valence-corrected chi connectivity index (χ1v) is 9.41. The molecule has 25 heavy (non-hydrogen) atoms. The maximum atomic E-state index is 12.2. The number of amides is 1. The number of hydrogen-bond donors (Lipinski definition) is 3. The van der Waals surface area contributed by atoms with Gasteiger partial charge in [-0.1, -0.05) is 29.3 Å². The zero-order valence-corrected chi connectivity index (χ0v) is 15.1. The first-order valence-electron chi connectivity index (χ1n) is 7.55. The molecular weight excluding hydrogens is 364 g/mol. The van der Waals surface area contributed by atoms with Crippen molar-refractivity contribution in [1.82, 2.24) is 4.72 Å². The molecule has 0 aliphatic carbocycles. The van der Waals surface area contributed by atoms with Gasteiger partial charge in [-0.3, -0.25) is 4.79 Å². The van der Waals surface area contributed by atoms with Crippen molar-refractivity contribution in [3.8, 4) is 0 Å². The Labute approximate surface area is 151 Å². The average Bonchev–Trinajstić information content (AvgIpc) is 2.58. The number of aliphatic hydroxyl groups is 1. The molecule has 0 bridgehead atoms. The van der Waals surface area contributed by atoms with Gasteiger partial charge in [-0.25, -0.2) is 13.1 Å². The molecule has 0 spiro atoms. The van der Waals surface area contributed by atoms with E-state index in [0.717, 1.165) is 5.56 Å². The summed E-state index contributed by atoms with van der Waals surface area (Å²) in [5, 5.41) is 12.5. The normalized spacial score (nSPS) is 12.6. The Balaban J connectivity index is 1.99. The highest BCUT2D eigenvalue weighted by Crippen LogP contribution is 2.14. The molecule has 2 rings (SSSR count). The highest BCUT2D eigenvalue weighted by Gasteiger charge is 2.22. The number of carbonyl (C=O) groups is 1. The van der Waals surface area contributed by atoms with Gasteiger partial charge in [0.1, 0.15) is 0 Å².